The Bertz CT molecular complexity index is 643. The van der Waals surface area contributed by atoms with Crippen LogP contribution in [-0.2, 0) is 6.42 Å². The lowest BCUT2D eigenvalue weighted by molar-refractivity contribution is 0.0736. The van der Waals surface area contributed by atoms with E-state index in [4.69, 9.17) is 4.74 Å². The molecule has 1 aromatic heterocycles. The summed E-state index contributed by atoms with van der Waals surface area (Å²) in [5.74, 6) is 0.991. The van der Waals surface area contributed by atoms with Crippen molar-refractivity contribution in [1.82, 2.24) is 9.88 Å². The number of pyridine rings is 1. The number of rotatable bonds is 4. The van der Waals surface area contributed by atoms with Gasteiger partial charge in [-0.25, -0.2) is 0 Å². The van der Waals surface area contributed by atoms with Crippen LogP contribution in [0.3, 0.4) is 0 Å². The third kappa shape index (κ3) is 2.96. The average Bonchev–Trinajstić information content (AvgIpc) is 3.03. The van der Waals surface area contributed by atoms with E-state index in [1.165, 1.54) is 0 Å². The standard InChI is InChI=1S/C18H20N2O2/c1-22-17-7-3-2-5-15(17)13-16-6-4-12-20(16)18(21)14-8-10-19-11-9-14/h2-3,5,7-11,16H,4,6,12-13H2,1H3. The number of carbonyl (C=O) groups excluding carboxylic acids is 1. The Hall–Kier alpha value is -2.36. The van der Waals surface area contributed by atoms with Gasteiger partial charge < -0.3 is 9.64 Å². The lowest BCUT2D eigenvalue weighted by atomic mass is 10.0. The second-order valence-electron chi connectivity index (χ2n) is 5.55. The second kappa shape index (κ2) is 6.60. The van der Waals surface area contributed by atoms with Crippen molar-refractivity contribution in [2.75, 3.05) is 13.7 Å². The van der Waals surface area contributed by atoms with Gasteiger partial charge in [-0.15, -0.1) is 0 Å². The van der Waals surface area contributed by atoms with E-state index in [1.54, 1.807) is 31.6 Å². The molecule has 22 heavy (non-hydrogen) atoms. The van der Waals surface area contributed by atoms with Crippen LogP contribution in [0.2, 0.25) is 0 Å². The highest BCUT2D eigenvalue weighted by Crippen LogP contribution is 2.27. The molecule has 0 saturated carbocycles. The van der Waals surface area contributed by atoms with Crippen molar-refractivity contribution in [3.63, 3.8) is 0 Å². The zero-order valence-corrected chi connectivity index (χ0v) is 12.7. The molecule has 1 aromatic carbocycles. The fourth-order valence-corrected chi connectivity index (χ4v) is 3.10. The average molecular weight is 296 g/mol. The van der Waals surface area contributed by atoms with Crippen LogP contribution in [0.4, 0.5) is 0 Å². The Balaban J connectivity index is 1.77. The molecular weight excluding hydrogens is 276 g/mol. The smallest absolute Gasteiger partial charge is 0.254 e. The van der Waals surface area contributed by atoms with Gasteiger partial charge in [0.25, 0.3) is 5.91 Å². The fraction of sp³-hybridized carbons (Fsp3) is 0.333. The maximum atomic E-state index is 12.7. The van der Waals surface area contributed by atoms with E-state index in [0.29, 0.717) is 5.56 Å². The molecule has 1 aliphatic rings. The minimum atomic E-state index is 0.0970. The van der Waals surface area contributed by atoms with E-state index in [-0.39, 0.29) is 11.9 Å². The first kappa shape index (κ1) is 14.6. The summed E-state index contributed by atoms with van der Waals surface area (Å²) in [5.41, 5.74) is 1.87. The number of ether oxygens (including phenoxy) is 1. The highest BCUT2D eigenvalue weighted by Gasteiger charge is 2.30. The first-order chi connectivity index (χ1) is 10.8. The minimum absolute atomic E-state index is 0.0970. The first-order valence-corrected chi connectivity index (χ1v) is 7.62. The molecule has 2 heterocycles. The number of likely N-dealkylation sites (tertiary alicyclic amines) is 1. The fourth-order valence-electron chi connectivity index (χ4n) is 3.10. The van der Waals surface area contributed by atoms with Crippen molar-refractivity contribution in [2.45, 2.75) is 25.3 Å². The van der Waals surface area contributed by atoms with Crippen LogP contribution in [0, 0.1) is 0 Å². The number of aromatic nitrogens is 1. The zero-order chi connectivity index (χ0) is 15.4. The number of methoxy groups -OCH3 is 1. The predicted octanol–water partition coefficient (Wildman–Crippen LogP) is 2.94. The topological polar surface area (TPSA) is 42.4 Å². The number of carbonyl (C=O) groups is 1. The minimum Gasteiger partial charge on any atom is -0.496 e. The maximum Gasteiger partial charge on any atom is 0.254 e. The molecular formula is C18H20N2O2. The summed E-state index contributed by atoms with van der Waals surface area (Å²) in [7, 11) is 1.69. The van der Waals surface area contributed by atoms with E-state index >= 15 is 0 Å². The largest absolute Gasteiger partial charge is 0.496 e. The number of amides is 1. The first-order valence-electron chi connectivity index (χ1n) is 7.62. The summed E-state index contributed by atoms with van der Waals surface area (Å²) in [6.45, 7) is 0.820. The van der Waals surface area contributed by atoms with Crippen LogP contribution in [0.5, 0.6) is 5.75 Å². The zero-order valence-electron chi connectivity index (χ0n) is 12.7. The molecule has 0 spiro atoms. The highest BCUT2D eigenvalue weighted by atomic mass is 16.5. The predicted molar refractivity (Wildman–Crippen MR) is 85.0 cm³/mol. The number of nitrogens with zero attached hydrogens (tertiary/aromatic N) is 2. The number of benzene rings is 1. The molecule has 1 saturated heterocycles. The van der Waals surface area contributed by atoms with Crippen molar-refractivity contribution in [2.24, 2.45) is 0 Å². The van der Waals surface area contributed by atoms with Gasteiger partial charge in [0.15, 0.2) is 0 Å². The van der Waals surface area contributed by atoms with E-state index < -0.39 is 0 Å². The van der Waals surface area contributed by atoms with Crippen molar-refractivity contribution in [3.05, 3.63) is 59.9 Å². The van der Waals surface area contributed by atoms with E-state index in [9.17, 15) is 4.79 Å². The highest BCUT2D eigenvalue weighted by molar-refractivity contribution is 5.94. The van der Waals surface area contributed by atoms with Crippen LogP contribution < -0.4 is 4.74 Å². The quantitative estimate of drug-likeness (QED) is 0.871. The molecule has 2 aromatic rings. The summed E-state index contributed by atoms with van der Waals surface area (Å²) in [6, 6.07) is 11.8. The van der Waals surface area contributed by atoms with Crippen LogP contribution in [0.15, 0.2) is 48.8 Å². The Kier molecular flexibility index (Phi) is 4.37. The van der Waals surface area contributed by atoms with Gasteiger partial charge in [0, 0.05) is 30.5 Å². The van der Waals surface area contributed by atoms with Crippen molar-refractivity contribution in [1.29, 1.82) is 0 Å². The van der Waals surface area contributed by atoms with Gasteiger partial charge in [-0.05, 0) is 43.0 Å². The third-order valence-corrected chi connectivity index (χ3v) is 4.21. The Morgan fingerprint density at radius 3 is 2.82 bits per heavy atom. The maximum absolute atomic E-state index is 12.7. The summed E-state index contributed by atoms with van der Waals surface area (Å²) in [5, 5.41) is 0. The van der Waals surface area contributed by atoms with Crippen molar-refractivity contribution in [3.8, 4) is 5.75 Å². The lowest BCUT2D eigenvalue weighted by Gasteiger charge is -2.25. The molecule has 0 N–H and O–H groups in total. The van der Waals surface area contributed by atoms with E-state index in [1.807, 2.05) is 23.1 Å². The van der Waals surface area contributed by atoms with Gasteiger partial charge in [-0.1, -0.05) is 18.2 Å². The number of para-hydroxylation sites is 1. The van der Waals surface area contributed by atoms with E-state index in [2.05, 4.69) is 11.1 Å². The number of hydrogen-bond acceptors (Lipinski definition) is 3. The Morgan fingerprint density at radius 1 is 1.27 bits per heavy atom. The summed E-state index contributed by atoms with van der Waals surface area (Å²) < 4.78 is 5.42. The Labute approximate surface area is 130 Å². The molecule has 114 valence electrons. The lowest BCUT2D eigenvalue weighted by Crippen LogP contribution is -2.36. The van der Waals surface area contributed by atoms with Gasteiger partial charge in [0.2, 0.25) is 0 Å². The van der Waals surface area contributed by atoms with Crippen molar-refractivity contribution < 1.29 is 9.53 Å². The molecule has 0 radical (unpaired) electrons. The third-order valence-electron chi connectivity index (χ3n) is 4.21. The van der Waals surface area contributed by atoms with Crippen molar-refractivity contribution >= 4 is 5.91 Å². The molecule has 4 heteroatoms. The molecule has 1 atom stereocenters. The van der Waals surface area contributed by atoms with Gasteiger partial charge in [-0.3, -0.25) is 9.78 Å². The van der Waals surface area contributed by atoms with Gasteiger partial charge in [0.1, 0.15) is 5.75 Å². The number of hydrogen-bond donors (Lipinski definition) is 0. The van der Waals surface area contributed by atoms with Gasteiger partial charge in [0.05, 0.1) is 7.11 Å². The molecule has 1 unspecified atom stereocenters. The monoisotopic (exact) mass is 296 g/mol. The SMILES string of the molecule is COc1ccccc1CC1CCCN1C(=O)c1ccncc1. The second-order valence-corrected chi connectivity index (χ2v) is 5.55. The van der Waals surface area contributed by atoms with Crippen LogP contribution in [0.1, 0.15) is 28.8 Å². The van der Waals surface area contributed by atoms with Gasteiger partial charge >= 0.3 is 0 Å². The van der Waals surface area contributed by atoms with E-state index in [0.717, 1.165) is 37.1 Å². The van der Waals surface area contributed by atoms with Crippen LogP contribution in [0.25, 0.3) is 0 Å². The Morgan fingerprint density at radius 2 is 2.05 bits per heavy atom. The molecule has 1 fully saturated rings. The molecule has 1 amide bonds. The molecule has 0 aliphatic carbocycles. The molecule has 4 nitrogen and oxygen atoms in total. The summed E-state index contributed by atoms with van der Waals surface area (Å²) in [6.07, 6.45) is 6.25. The van der Waals surface area contributed by atoms with Crippen LogP contribution >= 0.6 is 0 Å². The van der Waals surface area contributed by atoms with Crippen LogP contribution in [-0.4, -0.2) is 35.5 Å². The summed E-state index contributed by atoms with van der Waals surface area (Å²) >= 11 is 0. The normalized spacial score (nSPS) is 17.5. The molecule has 3 rings (SSSR count). The molecule has 0 bridgehead atoms. The summed E-state index contributed by atoms with van der Waals surface area (Å²) in [4.78, 5) is 18.6. The van der Waals surface area contributed by atoms with Gasteiger partial charge in [-0.2, -0.15) is 0 Å². The molecule has 1 aliphatic heterocycles.